The van der Waals surface area contributed by atoms with E-state index in [1.165, 1.54) is 0 Å². The second kappa shape index (κ2) is 4.88. The van der Waals surface area contributed by atoms with E-state index < -0.39 is 0 Å². The van der Waals surface area contributed by atoms with E-state index in [9.17, 15) is 4.79 Å². The van der Waals surface area contributed by atoms with Crippen molar-refractivity contribution in [2.24, 2.45) is 0 Å². The molecule has 2 atom stereocenters. The number of aromatic nitrogens is 2. The molecule has 4 rings (SSSR count). The predicted octanol–water partition coefficient (Wildman–Crippen LogP) is 2.58. The molecule has 1 fully saturated rings. The largest absolute Gasteiger partial charge is 0.322 e. The summed E-state index contributed by atoms with van der Waals surface area (Å²) < 4.78 is 0. The summed E-state index contributed by atoms with van der Waals surface area (Å²) in [5.74, 6) is 0. The number of nitrogens with one attached hydrogen (secondary N) is 2. The maximum Gasteiger partial charge on any atom is 0.322 e. The van der Waals surface area contributed by atoms with Gasteiger partial charge in [-0.25, -0.2) is 4.79 Å². The van der Waals surface area contributed by atoms with Crippen molar-refractivity contribution < 1.29 is 4.79 Å². The SMILES string of the molecule is N#Cc1cccc(NC(=O)N2C3CCC2c2cn[nH]c2C3)c1. The Kier molecular flexibility index (Phi) is 2.86. The van der Waals surface area contributed by atoms with E-state index in [1.54, 1.807) is 24.3 Å². The second-order valence-corrected chi connectivity index (χ2v) is 5.79. The molecule has 3 heterocycles. The first-order valence-electron chi connectivity index (χ1n) is 7.38. The number of benzene rings is 1. The molecule has 1 saturated heterocycles. The minimum atomic E-state index is -0.102. The van der Waals surface area contributed by atoms with Crippen LogP contribution >= 0.6 is 0 Å². The third-order valence-electron chi connectivity index (χ3n) is 4.53. The molecule has 2 N–H and O–H groups in total. The van der Waals surface area contributed by atoms with E-state index in [2.05, 4.69) is 21.6 Å². The van der Waals surface area contributed by atoms with Gasteiger partial charge in [0, 0.05) is 29.4 Å². The van der Waals surface area contributed by atoms with Crippen LogP contribution in [0.5, 0.6) is 0 Å². The number of anilines is 1. The number of hydrogen-bond acceptors (Lipinski definition) is 3. The number of amides is 2. The van der Waals surface area contributed by atoms with E-state index >= 15 is 0 Å². The smallest absolute Gasteiger partial charge is 0.314 e. The van der Waals surface area contributed by atoms with Crippen LogP contribution in [0.4, 0.5) is 10.5 Å². The molecule has 6 heteroatoms. The number of nitrogens with zero attached hydrogens (tertiary/aromatic N) is 3. The van der Waals surface area contributed by atoms with Gasteiger partial charge in [0.15, 0.2) is 0 Å². The Morgan fingerprint density at radius 2 is 2.36 bits per heavy atom. The topological polar surface area (TPSA) is 84.8 Å². The van der Waals surface area contributed by atoms with Crippen LogP contribution in [0.3, 0.4) is 0 Å². The van der Waals surface area contributed by atoms with Gasteiger partial charge in [-0.05, 0) is 31.0 Å². The molecule has 6 nitrogen and oxygen atoms in total. The van der Waals surface area contributed by atoms with E-state index in [4.69, 9.17) is 5.26 Å². The molecule has 2 aliphatic heterocycles. The third kappa shape index (κ3) is 1.94. The Hall–Kier alpha value is -2.81. The maximum absolute atomic E-state index is 12.7. The van der Waals surface area contributed by atoms with Gasteiger partial charge in [-0.1, -0.05) is 6.07 Å². The summed E-state index contributed by atoms with van der Waals surface area (Å²) in [4.78, 5) is 14.6. The van der Waals surface area contributed by atoms with Crippen LogP contribution in [0.25, 0.3) is 0 Å². The quantitative estimate of drug-likeness (QED) is 0.847. The zero-order valence-corrected chi connectivity index (χ0v) is 11.9. The lowest BCUT2D eigenvalue weighted by molar-refractivity contribution is 0.179. The minimum Gasteiger partial charge on any atom is -0.314 e. The van der Waals surface area contributed by atoms with Crippen LogP contribution in [0, 0.1) is 11.3 Å². The van der Waals surface area contributed by atoms with Crippen molar-refractivity contribution in [1.82, 2.24) is 15.1 Å². The van der Waals surface area contributed by atoms with Crippen LogP contribution < -0.4 is 5.32 Å². The number of H-pyrrole nitrogens is 1. The Balaban J connectivity index is 1.58. The Bertz CT molecular complexity index is 775. The summed E-state index contributed by atoms with van der Waals surface area (Å²) >= 11 is 0. The maximum atomic E-state index is 12.7. The summed E-state index contributed by atoms with van der Waals surface area (Å²) in [6, 6.07) is 9.28. The van der Waals surface area contributed by atoms with Gasteiger partial charge in [0.2, 0.25) is 0 Å². The lowest BCUT2D eigenvalue weighted by Gasteiger charge is -2.34. The van der Waals surface area contributed by atoms with Crippen LogP contribution in [-0.4, -0.2) is 27.2 Å². The fourth-order valence-corrected chi connectivity index (χ4v) is 3.56. The van der Waals surface area contributed by atoms with Gasteiger partial charge in [-0.2, -0.15) is 10.4 Å². The summed E-state index contributed by atoms with van der Waals surface area (Å²) in [6.45, 7) is 0. The van der Waals surface area contributed by atoms with E-state index in [-0.39, 0.29) is 18.1 Å². The molecule has 1 aromatic carbocycles. The molecule has 2 aromatic rings. The number of carbonyl (C=O) groups is 1. The molecule has 110 valence electrons. The molecule has 2 amide bonds. The number of fused-ring (bicyclic) bond motifs is 4. The molecule has 22 heavy (non-hydrogen) atoms. The summed E-state index contributed by atoms with van der Waals surface area (Å²) in [5.41, 5.74) is 3.48. The fourth-order valence-electron chi connectivity index (χ4n) is 3.56. The third-order valence-corrected chi connectivity index (χ3v) is 4.53. The van der Waals surface area contributed by atoms with E-state index in [0.717, 1.165) is 30.5 Å². The number of rotatable bonds is 1. The molecule has 1 aromatic heterocycles. The fraction of sp³-hybridized carbons (Fsp3) is 0.312. The second-order valence-electron chi connectivity index (χ2n) is 5.79. The highest BCUT2D eigenvalue weighted by atomic mass is 16.2. The first-order chi connectivity index (χ1) is 10.8. The van der Waals surface area contributed by atoms with Gasteiger partial charge in [0.1, 0.15) is 0 Å². The number of carbonyl (C=O) groups excluding carboxylic acids is 1. The van der Waals surface area contributed by atoms with Crippen LogP contribution in [-0.2, 0) is 6.42 Å². The molecular formula is C16H15N5O. The van der Waals surface area contributed by atoms with Crippen LogP contribution in [0.15, 0.2) is 30.5 Å². The average molecular weight is 293 g/mol. The number of nitriles is 1. The van der Waals surface area contributed by atoms with E-state index in [1.807, 2.05) is 11.1 Å². The standard InChI is InChI=1S/C16H15N5O/c17-8-10-2-1-3-11(6-10)19-16(22)21-12-4-5-15(21)13-9-18-20-14(13)7-12/h1-3,6,9,12,15H,4-5,7H2,(H,18,20)(H,19,22). The summed E-state index contributed by atoms with van der Waals surface area (Å²) in [5, 5.41) is 19.0. The molecule has 2 aliphatic rings. The lowest BCUT2D eigenvalue weighted by atomic mass is 10.0. The highest BCUT2D eigenvalue weighted by molar-refractivity contribution is 5.90. The summed E-state index contributed by atoms with van der Waals surface area (Å²) in [7, 11) is 0. The molecule has 0 spiro atoms. The van der Waals surface area contributed by atoms with Crippen molar-refractivity contribution in [3.8, 4) is 6.07 Å². The van der Waals surface area contributed by atoms with Gasteiger partial charge in [0.05, 0.1) is 23.9 Å². The summed E-state index contributed by atoms with van der Waals surface area (Å²) in [6.07, 6.45) is 4.65. The molecule has 0 radical (unpaired) electrons. The minimum absolute atomic E-state index is 0.102. The molecule has 0 aliphatic carbocycles. The first-order valence-corrected chi connectivity index (χ1v) is 7.38. The van der Waals surface area contributed by atoms with Gasteiger partial charge >= 0.3 is 6.03 Å². The van der Waals surface area contributed by atoms with Crippen molar-refractivity contribution in [2.45, 2.75) is 31.3 Å². The number of hydrogen-bond donors (Lipinski definition) is 2. The number of aromatic amines is 1. The van der Waals surface area contributed by atoms with Crippen molar-refractivity contribution in [1.29, 1.82) is 5.26 Å². The lowest BCUT2D eigenvalue weighted by Crippen LogP contribution is -2.44. The van der Waals surface area contributed by atoms with Crippen molar-refractivity contribution in [3.63, 3.8) is 0 Å². The Labute approximate surface area is 127 Å². The molecule has 2 unspecified atom stereocenters. The van der Waals surface area contributed by atoms with Gasteiger partial charge < -0.3 is 10.2 Å². The molecule has 0 saturated carbocycles. The normalized spacial score (nSPS) is 22.0. The zero-order valence-electron chi connectivity index (χ0n) is 11.9. The van der Waals surface area contributed by atoms with E-state index in [0.29, 0.717) is 11.3 Å². The van der Waals surface area contributed by atoms with Crippen LogP contribution in [0.2, 0.25) is 0 Å². The van der Waals surface area contributed by atoms with Gasteiger partial charge in [0.25, 0.3) is 0 Å². The van der Waals surface area contributed by atoms with Crippen molar-refractivity contribution in [3.05, 3.63) is 47.3 Å². The zero-order chi connectivity index (χ0) is 15.1. The predicted molar refractivity (Wildman–Crippen MR) is 80.1 cm³/mol. The molecular weight excluding hydrogens is 278 g/mol. The van der Waals surface area contributed by atoms with Crippen LogP contribution in [0.1, 0.15) is 35.7 Å². The number of urea groups is 1. The monoisotopic (exact) mass is 293 g/mol. The highest BCUT2D eigenvalue weighted by Crippen LogP contribution is 2.43. The molecule has 2 bridgehead atoms. The van der Waals surface area contributed by atoms with Crippen molar-refractivity contribution >= 4 is 11.7 Å². The van der Waals surface area contributed by atoms with Gasteiger partial charge in [-0.15, -0.1) is 0 Å². The first kappa shape index (κ1) is 12.9. The van der Waals surface area contributed by atoms with Gasteiger partial charge in [-0.3, -0.25) is 5.10 Å². The highest BCUT2D eigenvalue weighted by Gasteiger charge is 2.43. The average Bonchev–Trinajstić information content (AvgIpc) is 3.12. The van der Waals surface area contributed by atoms with Crippen molar-refractivity contribution in [2.75, 3.05) is 5.32 Å². The Morgan fingerprint density at radius 3 is 3.23 bits per heavy atom. The Morgan fingerprint density at radius 1 is 1.45 bits per heavy atom.